The summed E-state index contributed by atoms with van der Waals surface area (Å²) in [6.45, 7) is 2.52. The van der Waals surface area contributed by atoms with Crippen molar-refractivity contribution in [3.63, 3.8) is 0 Å². The molecule has 27 heavy (non-hydrogen) atoms. The topological polar surface area (TPSA) is 64.2 Å². The zero-order chi connectivity index (χ0) is 18.9. The molecule has 0 spiro atoms. The van der Waals surface area contributed by atoms with Gasteiger partial charge in [-0.15, -0.1) is 12.4 Å². The minimum absolute atomic E-state index is 0. The maximum atomic E-state index is 12.9. The quantitative estimate of drug-likeness (QED) is 0.852. The van der Waals surface area contributed by atoms with Gasteiger partial charge in [0.15, 0.2) is 5.69 Å². The van der Waals surface area contributed by atoms with E-state index >= 15 is 0 Å². The first kappa shape index (κ1) is 21.2. The minimum atomic E-state index is -4.50. The summed E-state index contributed by atoms with van der Waals surface area (Å²) in [6.07, 6.45) is -0.460. The monoisotopic (exact) mass is 402 g/mol. The number of hydrogen-bond acceptors (Lipinski definition) is 3. The van der Waals surface area contributed by atoms with Crippen molar-refractivity contribution in [2.75, 3.05) is 6.54 Å². The molecule has 1 saturated heterocycles. The Balaban J connectivity index is 0.00000261. The number of aromatic nitrogens is 2. The van der Waals surface area contributed by atoms with E-state index in [4.69, 9.17) is 5.73 Å². The van der Waals surface area contributed by atoms with Gasteiger partial charge in [0.25, 0.3) is 5.91 Å². The lowest BCUT2D eigenvalue weighted by molar-refractivity contribution is -0.141. The van der Waals surface area contributed by atoms with Crippen LogP contribution >= 0.6 is 12.4 Å². The Morgan fingerprint density at radius 3 is 2.67 bits per heavy atom. The summed E-state index contributed by atoms with van der Waals surface area (Å²) in [7, 11) is 0. The number of hydrogen-bond donors (Lipinski definition) is 1. The van der Waals surface area contributed by atoms with Crippen LogP contribution in [0.1, 0.15) is 42.2 Å². The molecule has 148 valence electrons. The number of nitrogens with zero attached hydrogens (tertiary/aromatic N) is 3. The average molecular weight is 403 g/mol. The normalized spacial score (nSPS) is 18.7. The number of benzene rings is 1. The van der Waals surface area contributed by atoms with E-state index in [9.17, 15) is 18.0 Å². The summed E-state index contributed by atoms with van der Waals surface area (Å²) in [6, 6.07) is 7.22. The molecule has 2 unspecified atom stereocenters. The van der Waals surface area contributed by atoms with Crippen LogP contribution in [0.5, 0.6) is 0 Å². The van der Waals surface area contributed by atoms with E-state index in [-0.39, 0.29) is 30.4 Å². The summed E-state index contributed by atoms with van der Waals surface area (Å²) >= 11 is 0. The Bertz CT molecular complexity index is 791. The van der Waals surface area contributed by atoms with Crippen molar-refractivity contribution in [3.05, 3.63) is 47.8 Å². The van der Waals surface area contributed by atoms with Crippen molar-refractivity contribution >= 4 is 18.3 Å². The average Bonchev–Trinajstić information content (AvgIpc) is 3.12. The minimum Gasteiger partial charge on any atom is -0.334 e. The SMILES string of the molecule is CC(N)C1CCCCN1C(=O)c1cccc(-n2ccc(C(F)(F)F)n2)c1.Cl. The van der Waals surface area contributed by atoms with E-state index in [1.165, 1.54) is 6.20 Å². The predicted octanol–water partition coefficient (Wildman–Crippen LogP) is 3.65. The first-order chi connectivity index (χ1) is 12.3. The fourth-order valence-corrected chi connectivity index (χ4v) is 3.32. The molecule has 0 saturated carbocycles. The van der Waals surface area contributed by atoms with Crippen molar-refractivity contribution in [3.8, 4) is 5.69 Å². The predicted molar refractivity (Wildman–Crippen MR) is 98.1 cm³/mol. The van der Waals surface area contributed by atoms with E-state index in [0.717, 1.165) is 30.0 Å². The smallest absolute Gasteiger partial charge is 0.334 e. The molecule has 1 aromatic heterocycles. The van der Waals surface area contributed by atoms with E-state index in [1.54, 1.807) is 29.2 Å². The van der Waals surface area contributed by atoms with E-state index in [1.807, 2.05) is 6.92 Å². The Morgan fingerprint density at radius 1 is 1.30 bits per heavy atom. The number of alkyl halides is 3. The molecule has 2 N–H and O–H groups in total. The number of carbonyl (C=O) groups excluding carboxylic acids is 1. The summed E-state index contributed by atoms with van der Waals surface area (Å²) in [5, 5.41) is 3.55. The molecule has 9 heteroatoms. The first-order valence-corrected chi connectivity index (χ1v) is 8.57. The van der Waals surface area contributed by atoms with Gasteiger partial charge in [-0.25, -0.2) is 4.68 Å². The van der Waals surface area contributed by atoms with Crippen molar-refractivity contribution in [1.82, 2.24) is 14.7 Å². The Morgan fingerprint density at radius 2 is 2.04 bits per heavy atom. The Labute approximate surface area is 161 Å². The second-order valence-corrected chi connectivity index (χ2v) is 6.61. The molecule has 1 amide bonds. The molecule has 0 radical (unpaired) electrons. The highest BCUT2D eigenvalue weighted by atomic mass is 35.5. The molecule has 0 bridgehead atoms. The van der Waals surface area contributed by atoms with Crippen LogP contribution in [0.15, 0.2) is 36.5 Å². The van der Waals surface area contributed by atoms with Gasteiger partial charge in [0, 0.05) is 30.4 Å². The summed E-state index contributed by atoms with van der Waals surface area (Å²) in [5.41, 5.74) is 5.87. The molecular weight excluding hydrogens is 381 g/mol. The number of halogens is 4. The van der Waals surface area contributed by atoms with E-state index in [2.05, 4.69) is 5.10 Å². The third-order valence-corrected chi connectivity index (χ3v) is 4.65. The number of carbonyl (C=O) groups is 1. The fourth-order valence-electron chi connectivity index (χ4n) is 3.32. The van der Waals surface area contributed by atoms with Gasteiger partial charge in [0.1, 0.15) is 0 Å². The van der Waals surface area contributed by atoms with Crippen LogP contribution in [-0.2, 0) is 6.18 Å². The molecule has 2 heterocycles. The second-order valence-electron chi connectivity index (χ2n) is 6.61. The molecule has 1 fully saturated rings. The van der Waals surface area contributed by atoms with Crippen molar-refractivity contribution in [2.24, 2.45) is 5.73 Å². The highest BCUT2D eigenvalue weighted by Gasteiger charge is 2.34. The van der Waals surface area contributed by atoms with Gasteiger partial charge >= 0.3 is 6.18 Å². The summed E-state index contributed by atoms with van der Waals surface area (Å²) < 4.78 is 39.3. The maximum Gasteiger partial charge on any atom is 0.435 e. The zero-order valence-corrected chi connectivity index (χ0v) is 15.6. The van der Waals surface area contributed by atoms with Gasteiger partial charge in [-0.05, 0) is 50.5 Å². The molecule has 0 aliphatic carbocycles. The number of nitrogens with two attached hydrogens (primary N) is 1. The molecule has 5 nitrogen and oxygen atoms in total. The molecule has 1 aromatic carbocycles. The zero-order valence-electron chi connectivity index (χ0n) is 14.8. The number of likely N-dealkylation sites (tertiary alicyclic amines) is 1. The molecular formula is C18H22ClF3N4O. The third-order valence-electron chi connectivity index (χ3n) is 4.65. The first-order valence-electron chi connectivity index (χ1n) is 8.57. The number of piperidine rings is 1. The van der Waals surface area contributed by atoms with Gasteiger partial charge in [-0.1, -0.05) is 6.07 Å². The third kappa shape index (κ3) is 4.62. The van der Waals surface area contributed by atoms with Crippen molar-refractivity contribution in [1.29, 1.82) is 0 Å². The number of amides is 1. The largest absolute Gasteiger partial charge is 0.435 e. The molecule has 1 aliphatic rings. The molecule has 1 aliphatic heterocycles. The van der Waals surface area contributed by atoms with Gasteiger partial charge in [-0.3, -0.25) is 4.79 Å². The van der Waals surface area contributed by atoms with Gasteiger partial charge in [-0.2, -0.15) is 18.3 Å². The van der Waals surface area contributed by atoms with Gasteiger partial charge in [0.2, 0.25) is 0 Å². The Hall–Kier alpha value is -2.06. The van der Waals surface area contributed by atoms with Gasteiger partial charge < -0.3 is 10.6 Å². The molecule has 2 aromatic rings. The fraction of sp³-hybridized carbons (Fsp3) is 0.444. The van der Waals surface area contributed by atoms with Crippen LogP contribution in [0.25, 0.3) is 5.69 Å². The second kappa shape index (κ2) is 8.31. The van der Waals surface area contributed by atoms with E-state index < -0.39 is 11.9 Å². The lowest BCUT2D eigenvalue weighted by Crippen LogP contribution is -2.51. The van der Waals surface area contributed by atoms with Gasteiger partial charge in [0.05, 0.1) is 5.69 Å². The van der Waals surface area contributed by atoms with Crippen LogP contribution in [0.3, 0.4) is 0 Å². The summed E-state index contributed by atoms with van der Waals surface area (Å²) in [4.78, 5) is 14.7. The van der Waals surface area contributed by atoms with Crippen LogP contribution in [0.4, 0.5) is 13.2 Å². The lowest BCUT2D eigenvalue weighted by Gasteiger charge is -2.38. The van der Waals surface area contributed by atoms with Crippen LogP contribution in [0.2, 0.25) is 0 Å². The lowest BCUT2D eigenvalue weighted by atomic mass is 9.96. The Kier molecular flexibility index (Phi) is 6.54. The standard InChI is InChI=1S/C18H21F3N4O.ClH/c1-12(22)15-7-2-3-9-24(15)17(26)13-5-4-6-14(11-13)25-10-8-16(23-25)18(19,20)21;/h4-6,8,10-12,15H,2-3,7,9,22H2,1H3;1H. The van der Waals surface area contributed by atoms with Crippen molar-refractivity contribution < 1.29 is 18.0 Å². The summed E-state index contributed by atoms with van der Waals surface area (Å²) in [5.74, 6) is -0.156. The highest BCUT2D eigenvalue weighted by molar-refractivity contribution is 5.95. The van der Waals surface area contributed by atoms with Crippen LogP contribution in [-0.4, -0.2) is 39.2 Å². The highest BCUT2D eigenvalue weighted by Crippen LogP contribution is 2.28. The number of rotatable bonds is 3. The van der Waals surface area contributed by atoms with Crippen molar-refractivity contribution in [2.45, 2.75) is 44.4 Å². The van der Waals surface area contributed by atoms with Crippen LogP contribution in [0, 0.1) is 0 Å². The van der Waals surface area contributed by atoms with E-state index in [0.29, 0.717) is 17.8 Å². The molecule has 3 rings (SSSR count). The van der Waals surface area contributed by atoms with Crippen LogP contribution < -0.4 is 5.73 Å². The molecule has 2 atom stereocenters. The maximum absolute atomic E-state index is 12.9.